The molecule has 2 N–H and O–H groups in total. The molecular formula is C13H13NO4. The molecule has 5 heteroatoms. The number of H-pyrrole nitrogens is 1. The number of carbonyl (C=O) groups excluding carboxylic acids is 1. The standard InChI is InChI=1S/C13H13NO4/c1-8-13(11(15)6-18-7-12(16)17)9-4-2-3-5-10(9)14-8/h2-5,14H,6-7H2,1H3,(H,16,17). The van der Waals surface area contributed by atoms with Gasteiger partial charge < -0.3 is 14.8 Å². The van der Waals surface area contributed by atoms with Gasteiger partial charge in [-0.05, 0) is 13.0 Å². The van der Waals surface area contributed by atoms with Gasteiger partial charge in [0.25, 0.3) is 0 Å². The Hall–Kier alpha value is -2.14. The summed E-state index contributed by atoms with van der Waals surface area (Å²) in [7, 11) is 0. The van der Waals surface area contributed by atoms with Gasteiger partial charge in [0.05, 0.1) is 0 Å². The molecule has 1 aromatic heterocycles. The molecule has 0 atom stereocenters. The van der Waals surface area contributed by atoms with Gasteiger partial charge in [-0.25, -0.2) is 4.79 Å². The van der Waals surface area contributed by atoms with E-state index in [2.05, 4.69) is 4.98 Å². The number of benzene rings is 1. The number of carboxylic acid groups (broad SMARTS) is 1. The summed E-state index contributed by atoms with van der Waals surface area (Å²) in [6.45, 7) is 1.12. The molecule has 0 fully saturated rings. The monoisotopic (exact) mass is 247 g/mol. The summed E-state index contributed by atoms with van der Waals surface area (Å²) >= 11 is 0. The van der Waals surface area contributed by atoms with Crippen LogP contribution in [-0.2, 0) is 9.53 Å². The van der Waals surface area contributed by atoms with Crippen molar-refractivity contribution in [1.29, 1.82) is 0 Å². The van der Waals surface area contributed by atoms with Gasteiger partial charge in [-0.1, -0.05) is 18.2 Å². The Labute approximate surface area is 103 Å². The van der Waals surface area contributed by atoms with Gasteiger partial charge in [0, 0.05) is 22.2 Å². The van der Waals surface area contributed by atoms with Crippen molar-refractivity contribution in [1.82, 2.24) is 4.98 Å². The number of hydrogen-bond donors (Lipinski definition) is 2. The maximum atomic E-state index is 12.0. The van der Waals surface area contributed by atoms with Gasteiger partial charge in [0.1, 0.15) is 13.2 Å². The van der Waals surface area contributed by atoms with Gasteiger partial charge in [-0.3, -0.25) is 4.79 Å². The summed E-state index contributed by atoms with van der Waals surface area (Å²) in [6, 6.07) is 7.47. The van der Waals surface area contributed by atoms with Crippen LogP contribution >= 0.6 is 0 Å². The second-order valence-electron chi connectivity index (χ2n) is 3.98. The first-order chi connectivity index (χ1) is 8.59. The lowest BCUT2D eigenvalue weighted by Crippen LogP contribution is -2.14. The number of rotatable bonds is 5. The molecule has 0 radical (unpaired) electrons. The minimum absolute atomic E-state index is 0.216. The summed E-state index contributed by atoms with van der Waals surface area (Å²) in [5.74, 6) is -1.30. The maximum absolute atomic E-state index is 12.0. The van der Waals surface area contributed by atoms with Gasteiger partial charge in [-0.2, -0.15) is 0 Å². The number of aryl methyl sites for hydroxylation is 1. The Morgan fingerprint density at radius 3 is 2.72 bits per heavy atom. The lowest BCUT2D eigenvalue weighted by molar-refractivity contribution is -0.141. The van der Waals surface area contributed by atoms with Crippen LogP contribution in [0.3, 0.4) is 0 Å². The van der Waals surface area contributed by atoms with E-state index < -0.39 is 12.6 Å². The van der Waals surface area contributed by atoms with Gasteiger partial charge in [-0.15, -0.1) is 0 Å². The molecule has 0 spiro atoms. The van der Waals surface area contributed by atoms with Gasteiger partial charge >= 0.3 is 5.97 Å². The van der Waals surface area contributed by atoms with Gasteiger partial charge in [0.2, 0.25) is 0 Å². The van der Waals surface area contributed by atoms with E-state index in [0.717, 1.165) is 16.6 Å². The summed E-state index contributed by atoms with van der Waals surface area (Å²) in [6.07, 6.45) is 0. The highest BCUT2D eigenvalue weighted by molar-refractivity contribution is 6.09. The molecule has 0 bridgehead atoms. The van der Waals surface area contributed by atoms with Crippen LogP contribution in [0.15, 0.2) is 24.3 Å². The van der Waals surface area contributed by atoms with Crippen LogP contribution in [-0.4, -0.2) is 35.1 Å². The van der Waals surface area contributed by atoms with Crippen molar-refractivity contribution < 1.29 is 19.4 Å². The quantitative estimate of drug-likeness (QED) is 0.789. The summed E-state index contributed by atoms with van der Waals surface area (Å²) in [5, 5.41) is 9.27. The van der Waals surface area contributed by atoms with E-state index in [9.17, 15) is 9.59 Å². The number of hydrogen-bond acceptors (Lipinski definition) is 3. The molecular weight excluding hydrogens is 234 g/mol. The fourth-order valence-electron chi connectivity index (χ4n) is 1.94. The van der Waals surface area contributed by atoms with E-state index in [0.29, 0.717) is 5.56 Å². The Kier molecular flexibility index (Phi) is 3.43. The Morgan fingerprint density at radius 2 is 2.00 bits per heavy atom. The SMILES string of the molecule is Cc1[nH]c2ccccc2c1C(=O)COCC(=O)O. The van der Waals surface area contributed by atoms with Crippen LogP contribution in [0.1, 0.15) is 16.1 Å². The fourth-order valence-corrected chi connectivity index (χ4v) is 1.94. The molecule has 0 aliphatic carbocycles. The van der Waals surface area contributed by atoms with Crippen LogP contribution in [0.4, 0.5) is 0 Å². The highest BCUT2D eigenvalue weighted by atomic mass is 16.5. The summed E-state index contributed by atoms with van der Waals surface area (Å²) < 4.78 is 4.82. The molecule has 0 saturated carbocycles. The van der Waals surface area contributed by atoms with E-state index in [1.54, 1.807) is 0 Å². The first-order valence-corrected chi connectivity index (χ1v) is 5.49. The van der Waals surface area contributed by atoms with E-state index in [4.69, 9.17) is 9.84 Å². The second kappa shape index (κ2) is 5.01. The van der Waals surface area contributed by atoms with Gasteiger partial charge in [0.15, 0.2) is 5.78 Å². The highest BCUT2D eigenvalue weighted by Crippen LogP contribution is 2.22. The van der Waals surface area contributed by atoms with Crippen LogP contribution in [0.2, 0.25) is 0 Å². The minimum Gasteiger partial charge on any atom is -0.480 e. The zero-order valence-electron chi connectivity index (χ0n) is 9.90. The third kappa shape index (κ3) is 2.41. The van der Waals surface area contributed by atoms with Crippen LogP contribution < -0.4 is 0 Å². The van der Waals surface area contributed by atoms with Crippen molar-refractivity contribution in [3.05, 3.63) is 35.5 Å². The lowest BCUT2D eigenvalue weighted by atomic mass is 10.1. The number of aliphatic carboxylic acids is 1. The smallest absolute Gasteiger partial charge is 0.329 e. The number of fused-ring (bicyclic) bond motifs is 1. The Balaban J connectivity index is 2.22. The molecule has 2 rings (SSSR count). The topological polar surface area (TPSA) is 79.4 Å². The summed E-state index contributed by atoms with van der Waals surface area (Å²) in [5.41, 5.74) is 2.22. The normalized spacial score (nSPS) is 10.7. The molecule has 1 heterocycles. The molecule has 18 heavy (non-hydrogen) atoms. The molecule has 0 unspecified atom stereocenters. The molecule has 2 aromatic rings. The van der Waals surface area contributed by atoms with Crippen molar-refractivity contribution in [2.75, 3.05) is 13.2 Å². The van der Waals surface area contributed by atoms with Crippen molar-refractivity contribution in [2.45, 2.75) is 6.92 Å². The van der Waals surface area contributed by atoms with Crippen molar-refractivity contribution >= 4 is 22.7 Å². The first kappa shape index (κ1) is 12.3. The third-order valence-electron chi connectivity index (χ3n) is 2.63. The highest BCUT2D eigenvalue weighted by Gasteiger charge is 2.15. The summed E-state index contributed by atoms with van der Waals surface area (Å²) in [4.78, 5) is 25.4. The predicted molar refractivity (Wildman–Crippen MR) is 65.8 cm³/mol. The van der Waals surface area contributed by atoms with Crippen molar-refractivity contribution in [3.8, 4) is 0 Å². The number of aromatic amines is 1. The van der Waals surface area contributed by atoms with E-state index in [-0.39, 0.29) is 12.4 Å². The molecule has 5 nitrogen and oxygen atoms in total. The first-order valence-electron chi connectivity index (χ1n) is 5.49. The molecule has 0 aliphatic heterocycles. The van der Waals surface area contributed by atoms with E-state index in [1.807, 2.05) is 31.2 Å². The number of carboxylic acids is 1. The van der Waals surface area contributed by atoms with Crippen molar-refractivity contribution in [3.63, 3.8) is 0 Å². The number of ether oxygens (including phenoxy) is 1. The largest absolute Gasteiger partial charge is 0.480 e. The number of carbonyl (C=O) groups is 2. The molecule has 94 valence electrons. The minimum atomic E-state index is -1.08. The lowest BCUT2D eigenvalue weighted by Gasteiger charge is -2.01. The van der Waals surface area contributed by atoms with E-state index in [1.165, 1.54) is 0 Å². The van der Waals surface area contributed by atoms with Crippen LogP contribution in [0.5, 0.6) is 0 Å². The molecule has 0 saturated heterocycles. The maximum Gasteiger partial charge on any atom is 0.329 e. The Bertz CT molecular complexity index is 600. The zero-order valence-corrected chi connectivity index (χ0v) is 9.90. The third-order valence-corrected chi connectivity index (χ3v) is 2.63. The Morgan fingerprint density at radius 1 is 1.28 bits per heavy atom. The average Bonchev–Trinajstić information content (AvgIpc) is 2.64. The number of nitrogens with one attached hydrogen (secondary N) is 1. The number of ketones is 1. The molecule has 0 aliphatic rings. The van der Waals surface area contributed by atoms with Crippen LogP contribution in [0.25, 0.3) is 10.9 Å². The van der Waals surface area contributed by atoms with E-state index >= 15 is 0 Å². The molecule has 0 amide bonds. The fraction of sp³-hybridized carbons (Fsp3) is 0.231. The number of aromatic nitrogens is 1. The number of para-hydroxylation sites is 1. The predicted octanol–water partition coefficient (Wildman–Crippen LogP) is 1.76. The van der Waals surface area contributed by atoms with Crippen molar-refractivity contribution in [2.24, 2.45) is 0 Å². The second-order valence-corrected chi connectivity index (χ2v) is 3.98. The number of Topliss-reactive ketones (excluding diaryl/α,β-unsaturated/α-hetero) is 1. The zero-order chi connectivity index (χ0) is 13.1. The van der Waals surface area contributed by atoms with Crippen LogP contribution in [0, 0.1) is 6.92 Å². The average molecular weight is 247 g/mol. The molecule has 1 aromatic carbocycles.